The summed E-state index contributed by atoms with van der Waals surface area (Å²) in [4.78, 5) is 0. The summed E-state index contributed by atoms with van der Waals surface area (Å²) in [5.41, 5.74) is -3.28. The molecule has 0 aromatic heterocycles. The first kappa shape index (κ1) is 16.8. The molecule has 1 aromatic carbocycles. The van der Waals surface area contributed by atoms with Gasteiger partial charge in [0.25, 0.3) is 0 Å². The molecule has 0 saturated heterocycles. The van der Waals surface area contributed by atoms with Crippen molar-refractivity contribution in [2.75, 3.05) is 0 Å². The van der Waals surface area contributed by atoms with E-state index in [0.29, 0.717) is 12.1 Å². The Labute approximate surface area is 100 Å². The summed E-state index contributed by atoms with van der Waals surface area (Å²) in [7, 11) is 0. The van der Waals surface area contributed by atoms with E-state index in [2.05, 4.69) is 0 Å². The number of aliphatic hydroxyl groups excluding tert-OH is 1. The molecule has 0 aliphatic rings. The molecule has 1 nitrogen and oxygen atoms in total. The zero-order chi connectivity index (χ0) is 14.6. The lowest BCUT2D eigenvalue weighted by atomic mass is 10.1. The number of rotatable bonds is 1. The standard InChI is InChI=1S/C9H6F6O.C2H6/c10-8(11,12)6-1-5(4-16)2-7(3-6)9(13,14)15;1-2/h1-3,16H,4H2;1-2H3. The topological polar surface area (TPSA) is 20.2 Å². The Hall–Kier alpha value is -1.24. The molecule has 0 aliphatic heterocycles. The minimum atomic E-state index is -4.87. The Kier molecular flexibility index (Phi) is 5.66. The summed E-state index contributed by atoms with van der Waals surface area (Å²) in [6.45, 7) is 3.12. The Morgan fingerprint density at radius 2 is 1.17 bits per heavy atom. The highest BCUT2D eigenvalue weighted by Crippen LogP contribution is 2.36. The fraction of sp³-hybridized carbons (Fsp3) is 0.455. The van der Waals surface area contributed by atoms with Gasteiger partial charge in [0, 0.05) is 0 Å². The average Bonchev–Trinajstić information content (AvgIpc) is 2.29. The minimum Gasteiger partial charge on any atom is -0.392 e. The normalized spacial score (nSPS) is 11.8. The van der Waals surface area contributed by atoms with Gasteiger partial charge < -0.3 is 5.11 Å². The van der Waals surface area contributed by atoms with Gasteiger partial charge in [0.1, 0.15) is 0 Å². The van der Waals surface area contributed by atoms with E-state index in [1.54, 1.807) is 0 Å². The van der Waals surface area contributed by atoms with E-state index in [1.165, 1.54) is 0 Å². The van der Waals surface area contributed by atoms with E-state index in [1.807, 2.05) is 13.8 Å². The van der Waals surface area contributed by atoms with Crippen LogP contribution in [-0.2, 0) is 19.0 Å². The highest BCUT2D eigenvalue weighted by Gasteiger charge is 2.36. The molecular weight excluding hydrogens is 262 g/mol. The molecule has 0 unspecified atom stereocenters. The maximum atomic E-state index is 12.2. The monoisotopic (exact) mass is 274 g/mol. The van der Waals surface area contributed by atoms with Gasteiger partial charge >= 0.3 is 12.4 Å². The van der Waals surface area contributed by atoms with Crippen LogP contribution in [0.5, 0.6) is 0 Å². The van der Waals surface area contributed by atoms with Crippen LogP contribution in [0.4, 0.5) is 26.3 Å². The van der Waals surface area contributed by atoms with Gasteiger partial charge in [0.15, 0.2) is 0 Å². The fourth-order valence-corrected chi connectivity index (χ4v) is 1.11. The van der Waals surface area contributed by atoms with E-state index in [4.69, 9.17) is 5.11 Å². The van der Waals surface area contributed by atoms with Crippen molar-refractivity contribution in [2.24, 2.45) is 0 Å². The van der Waals surface area contributed by atoms with Crippen molar-refractivity contribution in [3.63, 3.8) is 0 Å². The predicted molar refractivity (Wildman–Crippen MR) is 53.7 cm³/mol. The lowest BCUT2D eigenvalue weighted by molar-refractivity contribution is -0.143. The van der Waals surface area contributed by atoms with Crippen LogP contribution in [-0.4, -0.2) is 5.11 Å². The molecule has 0 aliphatic carbocycles. The summed E-state index contributed by atoms with van der Waals surface area (Å²) in [5.74, 6) is 0. The second-order valence-corrected chi connectivity index (χ2v) is 3.07. The minimum absolute atomic E-state index is 0.0131. The first-order valence-corrected chi connectivity index (χ1v) is 5.04. The fourth-order valence-electron chi connectivity index (χ4n) is 1.11. The van der Waals surface area contributed by atoms with Crippen LogP contribution in [0, 0.1) is 0 Å². The molecule has 18 heavy (non-hydrogen) atoms. The van der Waals surface area contributed by atoms with Gasteiger partial charge in [0.2, 0.25) is 0 Å². The highest BCUT2D eigenvalue weighted by molar-refractivity contribution is 5.33. The SMILES string of the molecule is CC.OCc1cc(C(F)(F)F)cc(C(F)(F)F)c1. The molecule has 1 N–H and O–H groups in total. The van der Waals surface area contributed by atoms with Gasteiger partial charge in [-0.25, -0.2) is 0 Å². The lowest BCUT2D eigenvalue weighted by Gasteiger charge is -2.13. The van der Waals surface area contributed by atoms with E-state index in [0.717, 1.165) is 0 Å². The van der Waals surface area contributed by atoms with E-state index in [9.17, 15) is 26.3 Å². The molecule has 104 valence electrons. The average molecular weight is 274 g/mol. The maximum Gasteiger partial charge on any atom is 0.416 e. The number of hydrogen-bond donors (Lipinski definition) is 1. The largest absolute Gasteiger partial charge is 0.416 e. The summed E-state index contributed by atoms with van der Waals surface area (Å²) in [6.07, 6.45) is -9.74. The van der Waals surface area contributed by atoms with Crippen LogP contribution in [0.1, 0.15) is 30.5 Å². The maximum absolute atomic E-state index is 12.2. The van der Waals surface area contributed by atoms with Crippen molar-refractivity contribution >= 4 is 0 Å². The molecule has 0 heterocycles. The molecule has 0 amide bonds. The smallest absolute Gasteiger partial charge is 0.392 e. The Bertz CT molecular complexity index is 348. The Balaban J connectivity index is 0.00000137. The van der Waals surface area contributed by atoms with E-state index < -0.39 is 35.6 Å². The van der Waals surface area contributed by atoms with E-state index >= 15 is 0 Å². The lowest BCUT2D eigenvalue weighted by Crippen LogP contribution is -2.11. The van der Waals surface area contributed by atoms with Gasteiger partial charge in [0.05, 0.1) is 17.7 Å². The molecule has 0 radical (unpaired) electrons. The molecule has 0 spiro atoms. The van der Waals surface area contributed by atoms with Gasteiger partial charge in [-0.05, 0) is 23.8 Å². The molecule has 7 heteroatoms. The van der Waals surface area contributed by atoms with Gasteiger partial charge in [-0.1, -0.05) is 13.8 Å². The Morgan fingerprint density at radius 1 is 0.833 bits per heavy atom. The van der Waals surface area contributed by atoms with Gasteiger partial charge in [-0.15, -0.1) is 0 Å². The van der Waals surface area contributed by atoms with Crippen LogP contribution >= 0.6 is 0 Å². The van der Waals surface area contributed by atoms with Crippen LogP contribution in [0.15, 0.2) is 18.2 Å². The summed E-state index contributed by atoms with van der Waals surface area (Å²) >= 11 is 0. The second kappa shape index (κ2) is 6.08. The molecular formula is C11H12F6O. The zero-order valence-corrected chi connectivity index (χ0v) is 9.65. The van der Waals surface area contributed by atoms with Crippen molar-refractivity contribution in [1.29, 1.82) is 0 Å². The summed E-state index contributed by atoms with van der Waals surface area (Å²) in [6, 6.07) is 0.976. The molecule has 1 aromatic rings. The first-order valence-electron chi connectivity index (χ1n) is 5.04. The van der Waals surface area contributed by atoms with Gasteiger partial charge in [-0.3, -0.25) is 0 Å². The number of halogens is 6. The molecule has 0 fully saturated rings. The first-order chi connectivity index (χ1) is 8.14. The van der Waals surface area contributed by atoms with Crippen LogP contribution in [0.2, 0.25) is 0 Å². The predicted octanol–water partition coefficient (Wildman–Crippen LogP) is 4.24. The van der Waals surface area contributed by atoms with E-state index in [-0.39, 0.29) is 6.07 Å². The summed E-state index contributed by atoms with van der Waals surface area (Å²) < 4.78 is 73.3. The second-order valence-electron chi connectivity index (χ2n) is 3.07. The summed E-state index contributed by atoms with van der Waals surface area (Å²) in [5, 5.41) is 8.58. The number of hydrogen-bond acceptors (Lipinski definition) is 1. The van der Waals surface area contributed by atoms with Crippen LogP contribution < -0.4 is 0 Å². The molecule has 1 rings (SSSR count). The van der Waals surface area contributed by atoms with Crippen LogP contribution in [0.25, 0.3) is 0 Å². The molecule has 0 bridgehead atoms. The molecule has 0 atom stereocenters. The van der Waals surface area contributed by atoms with Crippen molar-refractivity contribution in [3.8, 4) is 0 Å². The highest BCUT2D eigenvalue weighted by atomic mass is 19.4. The van der Waals surface area contributed by atoms with Crippen molar-refractivity contribution in [2.45, 2.75) is 32.8 Å². The van der Waals surface area contributed by atoms with Crippen molar-refractivity contribution in [3.05, 3.63) is 34.9 Å². The number of benzene rings is 1. The van der Waals surface area contributed by atoms with Gasteiger partial charge in [-0.2, -0.15) is 26.3 Å². The third-order valence-electron chi connectivity index (χ3n) is 1.83. The third-order valence-corrected chi connectivity index (χ3v) is 1.83. The zero-order valence-electron chi connectivity index (χ0n) is 9.65. The Morgan fingerprint density at radius 3 is 1.39 bits per heavy atom. The van der Waals surface area contributed by atoms with Crippen molar-refractivity contribution in [1.82, 2.24) is 0 Å². The number of aliphatic hydroxyl groups is 1. The molecule has 0 saturated carbocycles. The third kappa shape index (κ3) is 4.56. The quantitative estimate of drug-likeness (QED) is 0.759. The van der Waals surface area contributed by atoms with Crippen molar-refractivity contribution < 1.29 is 31.4 Å². The number of alkyl halides is 6. The van der Waals surface area contributed by atoms with Crippen LogP contribution in [0.3, 0.4) is 0 Å².